The van der Waals surface area contributed by atoms with Gasteiger partial charge in [-0.2, -0.15) is 4.98 Å². The highest BCUT2D eigenvalue weighted by atomic mass is 32.1. The number of rotatable bonds is 9. The lowest BCUT2D eigenvalue weighted by Crippen LogP contribution is -2.18. The smallest absolute Gasteiger partial charge is 0.227 e. The molecule has 4 rings (SSSR count). The Morgan fingerprint density at radius 3 is 2.38 bits per heavy atom. The highest BCUT2D eigenvalue weighted by Crippen LogP contribution is 2.25. The summed E-state index contributed by atoms with van der Waals surface area (Å²) in [7, 11) is 0. The number of aryl methyl sites for hydroxylation is 2. The van der Waals surface area contributed by atoms with E-state index in [0.29, 0.717) is 29.8 Å². The number of carbonyl (C=O) groups excluding carboxylic acids is 2. The van der Waals surface area contributed by atoms with Crippen LogP contribution in [-0.4, -0.2) is 26.9 Å². The van der Waals surface area contributed by atoms with E-state index in [2.05, 4.69) is 32.7 Å². The van der Waals surface area contributed by atoms with E-state index < -0.39 is 0 Å². The van der Waals surface area contributed by atoms with Crippen LogP contribution in [0.5, 0.6) is 0 Å². The Morgan fingerprint density at radius 2 is 1.68 bits per heavy atom. The average molecular weight is 476 g/mol. The van der Waals surface area contributed by atoms with Gasteiger partial charge >= 0.3 is 0 Å². The summed E-state index contributed by atoms with van der Waals surface area (Å²) in [4.78, 5) is 32.3. The Bertz CT molecular complexity index is 1260. The predicted molar refractivity (Wildman–Crippen MR) is 131 cm³/mol. The third-order valence-corrected chi connectivity index (χ3v) is 5.95. The van der Waals surface area contributed by atoms with E-state index in [-0.39, 0.29) is 18.2 Å². The molecule has 174 valence electrons. The van der Waals surface area contributed by atoms with E-state index in [1.165, 1.54) is 23.8 Å². The molecule has 2 aromatic carbocycles. The third kappa shape index (κ3) is 6.14. The van der Waals surface area contributed by atoms with E-state index in [1.54, 1.807) is 0 Å². The summed E-state index contributed by atoms with van der Waals surface area (Å²) in [5, 5.41) is 12.0. The molecule has 4 aromatic rings. The van der Waals surface area contributed by atoms with E-state index in [9.17, 15) is 9.59 Å². The minimum atomic E-state index is -0.168. The fourth-order valence-corrected chi connectivity index (χ4v) is 3.98. The predicted octanol–water partition coefficient (Wildman–Crippen LogP) is 4.63. The van der Waals surface area contributed by atoms with Gasteiger partial charge in [-0.25, -0.2) is 4.98 Å². The number of anilines is 1. The van der Waals surface area contributed by atoms with Crippen molar-refractivity contribution in [3.05, 3.63) is 70.9 Å². The second kappa shape index (κ2) is 10.8. The van der Waals surface area contributed by atoms with E-state index in [1.807, 2.05) is 53.9 Å². The molecule has 0 saturated carbocycles. The number of nitrogens with one attached hydrogen (secondary N) is 2. The maximum atomic E-state index is 12.4. The van der Waals surface area contributed by atoms with Gasteiger partial charge in [-0.15, -0.1) is 11.3 Å². The van der Waals surface area contributed by atoms with Gasteiger partial charge < -0.3 is 15.2 Å². The summed E-state index contributed by atoms with van der Waals surface area (Å²) in [6.07, 6.45) is 1.53. The van der Waals surface area contributed by atoms with Crippen LogP contribution in [0.3, 0.4) is 0 Å². The van der Waals surface area contributed by atoms with Gasteiger partial charge in [0, 0.05) is 42.8 Å². The molecule has 2 N–H and O–H groups in total. The zero-order valence-corrected chi connectivity index (χ0v) is 19.8. The summed E-state index contributed by atoms with van der Waals surface area (Å²) >= 11 is 1.37. The molecule has 0 aliphatic carbocycles. The fourth-order valence-electron chi connectivity index (χ4n) is 3.25. The number of amides is 2. The molecule has 9 heteroatoms. The SMILES string of the molecule is CCc1ccc(-c2noc(CCC(=O)Nc3nc(-c4ccc(CNC(C)=O)cc4)cs3)n2)cc1. The summed E-state index contributed by atoms with van der Waals surface area (Å²) in [6, 6.07) is 15.8. The van der Waals surface area contributed by atoms with Crippen molar-refractivity contribution in [2.24, 2.45) is 0 Å². The van der Waals surface area contributed by atoms with E-state index in [0.717, 1.165) is 28.8 Å². The zero-order valence-electron chi connectivity index (χ0n) is 19.0. The van der Waals surface area contributed by atoms with Crippen molar-refractivity contribution in [2.75, 3.05) is 5.32 Å². The van der Waals surface area contributed by atoms with Crippen LogP contribution in [0.25, 0.3) is 22.6 Å². The Kier molecular flexibility index (Phi) is 7.44. The molecule has 2 aromatic heterocycles. The second-order valence-corrected chi connectivity index (χ2v) is 8.61. The minimum absolute atomic E-state index is 0.0646. The standard InChI is InChI=1S/C25H25N5O3S/c1-3-17-4-10-20(11-5-17)24-29-23(33-30-24)13-12-22(32)28-25-27-21(15-34-25)19-8-6-18(7-9-19)14-26-16(2)31/h4-11,15H,3,12-14H2,1-2H3,(H,26,31)(H,27,28,32). The summed E-state index contributed by atoms with van der Waals surface area (Å²) in [6.45, 7) is 4.08. The van der Waals surface area contributed by atoms with Gasteiger partial charge in [-0.3, -0.25) is 9.59 Å². The van der Waals surface area contributed by atoms with Gasteiger partial charge in [-0.1, -0.05) is 60.6 Å². The first-order chi connectivity index (χ1) is 16.5. The first-order valence-electron chi connectivity index (χ1n) is 11.0. The van der Waals surface area contributed by atoms with Crippen molar-refractivity contribution in [1.29, 1.82) is 0 Å². The molecule has 0 unspecified atom stereocenters. The number of carbonyl (C=O) groups is 2. The van der Waals surface area contributed by atoms with Gasteiger partial charge in [0.1, 0.15) is 0 Å². The Morgan fingerprint density at radius 1 is 0.971 bits per heavy atom. The number of benzene rings is 2. The first kappa shape index (κ1) is 23.3. The normalized spacial score (nSPS) is 10.8. The van der Waals surface area contributed by atoms with Crippen LogP contribution in [0.15, 0.2) is 58.4 Å². The molecule has 2 amide bonds. The Labute approximate surface area is 201 Å². The zero-order chi connectivity index (χ0) is 23.9. The number of aromatic nitrogens is 3. The second-order valence-electron chi connectivity index (χ2n) is 7.75. The van der Waals surface area contributed by atoms with Gasteiger partial charge in [0.05, 0.1) is 5.69 Å². The number of thiazole rings is 1. The average Bonchev–Trinajstić information content (AvgIpc) is 3.52. The van der Waals surface area contributed by atoms with Crippen molar-refractivity contribution in [2.45, 2.75) is 39.7 Å². The number of hydrogen-bond donors (Lipinski definition) is 2. The van der Waals surface area contributed by atoms with Crippen molar-refractivity contribution in [1.82, 2.24) is 20.4 Å². The van der Waals surface area contributed by atoms with Crippen LogP contribution < -0.4 is 10.6 Å². The third-order valence-electron chi connectivity index (χ3n) is 5.20. The van der Waals surface area contributed by atoms with Crippen LogP contribution in [-0.2, 0) is 29.0 Å². The highest BCUT2D eigenvalue weighted by molar-refractivity contribution is 7.14. The van der Waals surface area contributed by atoms with Crippen molar-refractivity contribution in [3.63, 3.8) is 0 Å². The van der Waals surface area contributed by atoms with Crippen molar-refractivity contribution >= 4 is 28.3 Å². The minimum Gasteiger partial charge on any atom is -0.352 e. The molecule has 0 bridgehead atoms. The lowest BCUT2D eigenvalue weighted by molar-refractivity contribution is -0.119. The summed E-state index contributed by atoms with van der Waals surface area (Å²) in [5.74, 6) is 0.707. The topological polar surface area (TPSA) is 110 Å². The highest BCUT2D eigenvalue weighted by Gasteiger charge is 2.13. The molecule has 0 saturated heterocycles. The Balaban J connectivity index is 1.29. The molecule has 0 aliphatic rings. The summed E-state index contributed by atoms with van der Waals surface area (Å²) < 4.78 is 5.30. The Hall–Kier alpha value is -3.85. The largest absolute Gasteiger partial charge is 0.352 e. The molecule has 0 aliphatic heterocycles. The maximum absolute atomic E-state index is 12.4. The maximum Gasteiger partial charge on any atom is 0.227 e. The lowest BCUT2D eigenvalue weighted by atomic mass is 10.1. The van der Waals surface area contributed by atoms with Crippen LogP contribution in [0.4, 0.5) is 5.13 Å². The van der Waals surface area contributed by atoms with E-state index in [4.69, 9.17) is 4.52 Å². The molecular weight excluding hydrogens is 450 g/mol. The molecule has 0 radical (unpaired) electrons. The molecule has 34 heavy (non-hydrogen) atoms. The summed E-state index contributed by atoms with van der Waals surface area (Å²) in [5.41, 5.74) is 4.85. The first-order valence-corrected chi connectivity index (χ1v) is 11.9. The molecule has 0 spiro atoms. The van der Waals surface area contributed by atoms with Gasteiger partial charge in [0.25, 0.3) is 0 Å². The van der Waals surface area contributed by atoms with Crippen LogP contribution in [0.1, 0.15) is 37.3 Å². The quantitative estimate of drug-likeness (QED) is 0.365. The van der Waals surface area contributed by atoms with Crippen LogP contribution in [0, 0.1) is 0 Å². The molecule has 2 heterocycles. The number of hydrogen-bond acceptors (Lipinski definition) is 7. The van der Waals surface area contributed by atoms with Gasteiger partial charge in [0.15, 0.2) is 5.13 Å². The molecule has 0 atom stereocenters. The van der Waals surface area contributed by atoms with Crippen molar-refractivity contribution in [3.8, 4) is 22.6 Å². The van der Waals surface area contributed by atoms with Gasteiger partial charge in [-0.05, 0) is 17.5 Å². The monoisotopic (exact) mass is 475 g/mol. The molecule has 8 nitrogen and oxygen atoms in total. The molecule has 0 fully saturated rings. The van der Waals surface area contributed by atoms with Gasteiger partial charge in [0.2, 0.25) is 23.5 Å². The fraction of sp³-hybridized carbons (Fsp3) is 0.240. The van der Waals surface area contributed by atoms with Crippen LogP contribution >= 0.6 is 11.3 Å². The van der Waals surface area contributed by atoms with E-state index >= 15 is 0 Å². The number of nitrogens with zero attached hydrogens (tertiary/aromatic N) is 3. The molecular formula is C25H25N5O3S. The van der Waals surface area contributed by atoms with Crippen LogP contribution in [0.2, 0.25) is 0 Å². The van der Waals surface area contributed by atoms with Crippen molar-refractivity contribution < 1.29 is 14.1 Å². The lowest BCUT2D eigenvalue weighted by Gasteiger charge is -2.03.